The molecule has 0 aliphatic carbocycles. The van der Waals surface area contributed by atoms with Crippen molar-refractivity contribution in [3.8, 4) is 5.95 Å². The average molecular weight is 461 g/mol. The van der Waals surface area contributed by atoms with Gasteiger partial charge in [0.25, 0.3) is 0 Å². The Bertz CT molecular complexity index is 880. The summed E-state index contributed by atoms with van der Waals surface area (Å²) in [7, 11) is 0. The van der Waals surface area contributed by atoms with Crippen molar-refractivity contribution in [1.82, 2.24) is 14.5 Å². The molecule has 33 heavy (non-hydrogen) atoms. The fourth-order valence-electron chi connectivity index (χ4n) is 3.13. The normalized spacial score (nSPS) is 10.7. The molecule has 0 N–H and O–H groups in total. The van der Waals surface area contributed by atoms with E-state index in [4.69, 9.17) is 18.9 Å². The summed E-state index contributed by atoms with van der Waals surface area (Å²) in [5.74, 6) is -6.43. The summed E-state index contributed by atoms with van der Waals surface area (Å²) in [5, 5.41) is 0. The van der Waals surface area contributed by atoms with E-state index in [0.29, 0.717) is 0 Å². The van der Waals surface area contributed by atoms with Gasteiger partial charge in [0.15, 0.2) is 11.8 Å². The van der Waals surface area contributed by atoms with Crippen LogP contribution in [0.4, 0.5) is 0 Å². The van der Waals surface area contributed by atoms with Gasteiger partial charge in [-0.3, -0.25) is 23.7 Å². The predicted octanol–water partition coefficient (Wildman–Crippen LogP) is 1.69. The zero-order chi connectivity index (χ0) is 24.4. The maximum Gasteiger partial charge on any atom is 0.326 e. The van der Waals surface area contributed by atoms with Crippen LogP contribution >= 0.6 is 0 Å². The number of carbonyl (C=O) groups excluding carboxylic acids is 4. The van der Waals surface area contributed by atoms with Crippen molar-refractivity contribution in [3.05, 3.63) is 42.0 Å². The SMILES string of the molecule is CCOC(=O)C(C(=O)OCC)c1ccc(C(C(=O)OCC)C(=O)OCC)n1-c1ncccn1. The van der Waals surface area contributed by atoms with Gasteiger partial charge in [0.05, 0.1) is 37.8 Å². The standard InChI is InChI=1S/C22H27N3O8/c1-5-30-18(26)16(19(27)31-6-2)14-10-11-15(25(14)22-23-12-9-13-24-22)17(20(28)32-7-3)21(29)33-8-4/h9-13,16-17H,5-8H2,1-4H3. The Balaban J connectivity index is 2.77. The number of hydrogen-bond donors (Lipinski definition) is 0. The van der Waals surface area contributed by atoms with Crippen molar-refractivity contribution in [2.45, 2.75) is 39.5 Å². The first-order chi connectivity index (χ1) is 15.9. The molecule has 0 aromatic carbocycles. The monoisotopic (exact) mass is 461 g/mol. The first-order valence-corrected chi connectivity index (χ1v) is 10.6. The number of ether oxygens (including phenoxy) is 4. The predicted molar refractivity (Wildman–Crippen MR) is 113 cm³/mol. The molecule has 0 atom stereocenters. The second-order valence-corrected chi connectivity index (χ2v) is 6.44. The van der Waals surface area contributed by atoms with Gasteiger partial charge in [-0.25, -0.2) is 9.97 Å². The number of hydrogen-bond acceptors (Lipinski definition) is 10. The molecule has 0 aliphatic rings. The van der Waals surface area contributed by atoms with Gasteiger partial charge in [0, 0.05) is 12.4 Å². The van der Waals surface area contributed by atoms with E-state index < -0.39 is 35.7 Å². The molecule has 0 bridgehead atoms. The summed E-state index contributed by atoms with van der Waals surface area (Å²) in [6.45, 7) is 6.50. The topological polar surface area (TPSA) is 136 Å². The number of esters is 4. The van der Waals surface area contributed by atoms with Gasteiger partial charge < -0.3 is 18.9 Å². The molecule has 2 rings (SSSR count). The second-order valence-electron chi connectivity index (χ2n) is 6.44. The maximum atomic E-state index is 12.7. The minimum absolute atomic E-state index is 0.0182. The van der Waals surface area contributed by atoms with E-state index in [-0.39, 0.29) is 43.8 Å². The summed E-state index contributed by atoms with van der Waals surface area (Å²) < 4.78 is 21.6. The highest BCUT2D eigenvalue weighted by atomic mass is 16.6. The van der Waals surface area contributed by atoms with E-state index >= 15 is 0 Å². The van der Waals surface area contributed by atoms with E-state index in [2.05, 4.69) is 9.97 Å². The molecule has 0 saturated carbocycles. The quantitative estimate of drug-likeness (QED) is 0.276. The lowest BCUT2D eigenvalue weighted by molar-refractivity contribution is -0.158. The van der Waals surface area contributed by atoms with Crippen molar-refractivity contribution >= 4 is 23.9 Å². The van der Waals surface area contributed by atoms with E-state index in [1.165, 1.54) is 29.1 Å². The molecular formula is C22H27N3O8. The van der Waals surface area contributed by atoms with Crippen LogP contribution in [0.1, 0.15) is 50.9 Å². The highest BCUT2D eigenvalue weighted by Gasteiger charge is 2.40. The molecule has 2 aromatic rings. The van der Waals surface area contributed by atoms with Crippen LogP contribution in [-0.4, -0.2) is 64.8 Å². The smallest absolute Gasteiger partial charge is 0.326 e. The first kappa shape index (κ1) is 25.5. The van der Waals surface area contributed by atoms with Gasteiger partial charge in [0.1, 0.15) is 0 Å². The Morgan fingerprint density at radius 3 is 1.33 bits per heavy atom. The van der Waals surface area contributed by atoms with Crippen LogP contribution in [-0.2, 0) is 38.1 Å². The fraction of sp³-hybridized carbons (Fsp3) is 0.455. The molecule has 0 amide bonds. The fourth-order valence-corrected chi connectivity index (χ4v) is 3.13. The van der Waals surface area contributed by atoms with Gasteiger partial charge >= 0.3 is 23.9 Å². The van der Waals surface area contributed by atoms with Crippen LogP contribution in [0.15, 0.2) is 30.6 Å². The summed E-state index contributed by atoms with van der Waals surface area (Å²) in [6.07, 6.45) is 2.87. The highest BCUT2D eigenvalue weighted by Crippen LogP contribution is 2.30. The summed E-state index contributed by atoms with van der Waals surface area (Å²) >= 11 is 0. The highest BCUT2D eigenvalue weighted by molar-refractivity contribution is 6.02. The lowest BCUT2D eigenvalue weighted by atomic mass is 10.1. The van der Waals surface area contributed by atoms with E-state index in [9.17, 15) is 19.2 Å². The molecule has 0 unspecified atom stereocenters. The average Bonchev–Trinajstić information content (AvgIpc) is 3.19. The van der Waals surface area contributed by atoms with Crippen molar-refractivity contribution in [1.29, 1.82) is 0 Å². The van der Waals surface area contributed by atoms with Crippen molar-refractivity contribution in [2.24, 2.45) is 0 Å². The molecule has 0 radical (unpaired) electrons. The zero-order valence-corrected chi connectivity index (χ0v) is 19.0. The zero-order valence-electron chi connectivity index (χ0n) is 19.0. The van der Waals surface area contributed by atoms with Crippen LogP contribution in [0.2, 0.25) is 0 Å². The van der Waals surface area contributed by atoms with Gasteiger partial charge in [-0.2, -0.15) is 0 Å². The number of nitrogens with zero attached hydrogens (tertiary/aromatic N) is 3. The number of aromatic nitrogens is 3. The Morgan fingerprint density at radius 1 is 0.697 bits per heavy atom. The Hall–Kier alpha value is -3.76. The van der Waals surface area contributed by atoms with Crippen LogP contribution in [0.25, 0.3) is 5.95 Å². The lowest BCUT2D eigenvalue weighted by Crippen LogP contribution is -2.31. The van der Waals surface area contributed by atoms with Crippen LogP contribution in [0.5, 0.6) is 0 Å². The molecule has 11 heteroatoms. The molecule has 11 nitrogen and oxygen atoms in total. The Kier molecular flexibility index (Phi) is 9.52. The van der Waals surface area contributed by atoms with Crippen LogP contribution in [0, 0.1) is 0 Å². The summed E-state index contributed by atoms with van der Waals surface area (Å²) in [4.78, 5) is 59.3. The van der Waals surface area contributed by atoms with Crippen molar-refractivity contribution < 1.29 is 38.1 Å². The van der Waals surface area contributed by atoms with Gasteiger partial charge in [0.2, 0.25) is 5.95 Å². The van der Waals surface area contributed by atoms with Gasteiger partial charge in [-0.1, -0.05) is 0 Å². The van der Waals surface area contributed by atoms with E-state index in [1.54, 1.807) is 33.8 Å². The van der Waals surface area contributed by atoms with Crippen molar-refractivity contribution in [3.63, 3.8) is 0 Å². The Labute approximate surface area is 191 Å². The third-order valence-corrected chi connectivity index (χ3v) is 4.37. The second kappa shape index (κ2) is 12.3. The summed E-state index contributed by atoms with van der Waals surface area (Å²) in [5.41, 5.74) is 0.124. The minimum atomic E-state index is -1.51. The minimum Gasteiger partial charge on any atom is -0.465 e. The third-order valence-electron chi connectivity index (χ3n) is 4.37. The maximum absolute atomic E-state index is 12.7. The van der Waals surface area contributed by atoms with E-state index in [1.807, 2.05) is 0 Å². The third kappa shape index (κ3) is 5.93. The first-order valence-electron chi connectivity index (χ1n) is 10.6. The summed E-state index contributed by atoms with van der Waals surface area (Å²) in [6, 6.07) is 4.39. The van der Waals surface area contributed by atoms with Gasteiger partial charge in [-0.15, -0.1) is 0 Å². The van der Waals surface area contributed by atoms with Gasteiger partial charge in [-0.05, 0) is 45.9 Å². The molecule has 2 aromatic heterocycles. The number of carbonyl (C=O) groups is 4. The van der Waals surface area contributed by atoms with Crippen LogP contribution < -0.4 is 0 Å². The largest absolute Gasteiger partial charge is 0.465 e. The van der Waals surface area contributed by atoms with Crippen LogP contribution in [0.3, 0.4) is 0 Å². The molecule has 0 spiro atoms. The van der Waals surface area contributed by atoms with E-state index in [0.717, 1.165) is 0 Å². The Morgan fingerprint density at radius 2 is 1.03 bits per heavy atom. The van der Waals surface area contributed by atoms with Crippen molar-refractivity contribution in [2.75, 3.05) is 26.4 Å². The molecule has 178 valence electrons. The molecule has 0 fully saturated rings. The molecular weight excluding hydrogens is 434 g/mol. The lowest BCUT2D eigenvalue weighted by Gasteiger charge is -2.20. The molecule has 0 aliphatic heterocycles. The molecule has 2 heterocycles. The molecule has 0 saturated heterocycles. The number of rotatable bonds is 11.